The van der Waals surface area contributed by atoms with Crippen LogP contribution in [0.1, 0.15) is 79.8 Å². The molecule has 0 spiro atoms. The molecule has 0 radical (unpaired) electrons. The summed E-state index contributed by atoms with van der Waals surface area (Å²) in [6.45, 7) is 12.6. The average molecular weight is 937 g/mol. The summed E-state index contributed by atoms with van der Waals surface area (Å²) in [6, 6.07) is 15.6. The van der Waals surface area contributed by atoms with Gasteiger partial charge in [-0.1, -0.05) is 25.1 Å². The Kier molecular flexibility index (Phi) is 11.4. The van der Waals surface area contributed by atoms with Crippen LogP contribution in [0.15, 0.2) is 54.7 Å². The molecule has 15 nitrogen and oxygen atoms in total. The number of aryl methyl sites for hydroxylation is 1. The van der Waals surface area contributed by atoms with Crippen LogP contribution >= 0.6 is 0 Å². The molecule has 8 heterocycles. The minimum Gasteiger partial charge on any atom is -0.508 e. The first kappa shape index (κ1) is 44.3. The highest BCUT2D eigenvalue weighted by Crippen LogP contribution is 2.47. The van der Waals surface area contributed by atoms with Gasteiger partial charge in [-0.05, 0) is 110 Å². The Morgan fingerprint density at radius 1 is 0.870 bits per heavy atom. The first-order chi connectivity index (χ1) is 33.6. The minimum absolute atomic E-state index is 0.00862. The van der Waals surface area contributed by atoms with Crippen LogP contribution in [-0.2, 0) is 22.6 Å². The number of phenolic OH excluding ortho intramolecular Hbond substituents is 1. The summed E-state index contributed by atoms with van der Waals surface area (Å²) in [6.07, 6.45) is 9.63. The fourth-order valence-electron chi connectivity index (χ4n) is 12.3. The molecule has 16 heteroatoms. The maximum absolute atomic E-state index is 17.2. The number of fused-ring (bicyclic) bond motifs is 5. The van der Waals surface area contributed by atoms with Crippen LogP contribution in [0.2, 0.25) is 0 Å². The Bertz CT molecular complexity index is 2850. The second-order valence-corrected chi connectivity index (χ2v) is 21.0. The zero-order chi connectivity index (χ0) is 47.0. The number of benzene rings is 3. The largest absolute Gasteiger partial charge is 0.508 e. The molecule has 7 aliphatic rings. The van der Waals surface area contributed by atoms with E-state index in [2.05, 4.69) is 43.2 Å². The molecule has 5 saturated heterocycles. The number of nitrogens with zero attached hydrogens (tertiary/aromatic N) is 8. The summed E-state index contributed by atoms with van der Waals surface area (Å²) >= 11 is 0. The van der Waals surface area contributed by atoms with Crippen LogP contribution in [0, 0.1) is 17.2 Å². The Morgan fingerprint density at radius 2 is 1.65 bits per heavy atom. The van der Waals surface area contributed by atoms with Crippen molar-refractivity contribution in [3.8, 4) is 23.0 Å². The van der Waals surface area contributed by atoms with Crippen LogP contribution < -0.4 is 25.2 Å². The van der Waals surface area contributed by atoms with Crippen molar-refractivity contribution in [2.75, 3.05) is 81.9 Å². The van der Waals surface area contributed by atoms with E-state index in [1.54, 1.807) is 23.2 Å². The van der Waals surface area contributed by atoms with Gasteiger partial charge in [0.2, 0.25) is 11.8 Å². The van der Waals surface area contributed by atoms with Gasteiger partial charge in [-0.15, -0.1) is 0 Å². The molecule has 2 aromatic heterocycles. The number of phenols is 1. The van der Waals surface area contributed by atoms with Gasteiger partial charge >= 0.3 is 6.01 Å². The second-order valence-electron chi connectivity index (χ2n) is 21.0. The quantitative estimate of drug-likeness (QED) is 0.132. The molecule has 69 heavy (non-hydrogen) atoms. The van der Waals surface area contributed by atoms with Crippen LogP contribution in [0.5, 0.6) is 11.8 Å². The van der Waals surface area contributed by atoms with Crippen molar-refractivity contribution < 1.29 is 28.6 Å². The third-order valence-corrected chi connectivity index (χ3v) is 16.3. The maximum atomic E-state index is 17.2. The van der Waals surface area contributed by atoms with Gasteiger partial charge in [0, 0.05) is 119 Å². The molecular weight excluding hydrogens is 876 g/mol. The standard InChI is InChI=1S/C53H61FN10O5/c1-2-33-4-3-5-34-23-39(65)24-41(45(33)34)47-46(54)48-42(25-55-47)49(63-28-36-6-7-37(29-63)56-36)59-52(58-48)69-31-53(14-15-53)30-61-20-18-60(19-21-61)26-32-12-16-62(17-13-32)38-8-9-40-35(22-38)27-64(51(40)68)43-10-11-44(66)57-50(43)67/h3-5,8-9,22-25,32,36-37,43,56,65H,2,6-7,10-21,26-31H2,1H3,(H,57,66,67)/t36?,37?,43-/m0/s1. The summed E-state index contributed by atoms with van der Waals surface area (Å²) < 4.78 is 23.7. The number of hydrogen-bond donors (Lipinski definition) is 3. The number of piperidine rings is 2. The number of rotatable bonds is 12. The number of carbonyl (C=O) groups is 3. The molecule has 1 aliphatic carbocycles. The molecule has 6 fully saturated rings. The van der Waals surface area contributed by atoms with Crippen LogP contribution in [-0.4, -0.2) is 143 Å². The lowest BCUT2D eigenvalue weighted by molar-refractivity contribution is -0.136. The number of aromatic nitrogens is 3. The number of ether oxygens (including phenoxy) is 1. The predicted molar refractivity (Wildman–Crippen MR) is 261 cm³/mol. The third-order valence-electron chi connectivity index (χ3n) is 16.3. The van der Waals surface area contributed by atoms with E-state index in [1.165, 1.54) is 0 Å². The molecule has 3 N–H and O–H groups in total. The SMILES string of the molecule is CCc1cccc2cc(O)cc(-c3ncc4c(N5CC6CCC(C5)N6)nc(OCC5(CN6CCN(CC7CCN(c8ccc9c(c8)CN([C@H]8CCC(=O)NC8=O)C9=O)CC7)CC6)CC5)nc4c3F)c12. The second kappa shape index (κ2) is 17.8. The number of nitrogens with one attached hydrogen (secondary N) is 2. The number of hydrogen-bond acceptors (Lipinski definition) is 13. The maximum Gasteiger partial charge on any atom is 0.319 e. The first-order valence-electron chi connectivity index (χ1n) is 25.3. The van der Waals surface area contributed by atoms with E-state index in [4.69, 9.17) is 19.7 Å². The Balaban J connectivity index is 0.678. The number of piperazine rings is 2. The fraction of sp³-hybridized carbons (Fsp3) is 0.509. The van der Waals surface area contributed by atoms with Crippen LogP contribution in [0.3, 0.4) is 0 Å². The molecule has 2 bridgehead atoms. The zero-order valence-corrected chi connectivity index (χ0v) is 39.4. The molecule has 1 saturated carbocycles. The van der Waals surface area contributed by atoms with Crippen molar-refractivity contribution in [2.24, 2.45) is 11.3 Å². The molecule has 5 aromatic rings. The smallest absolute Gasteiger partial charge is 0.319 e. The lowest BCUT2D eigenvalue weighted by Crippen LogP contribution is -2.52. The molecular formula is C53H61FN10O5. The number of halogens is 1. The molecule has 6 aliphatic heterocycles. The number of aromatic hydroxyl groups is 1. The zero-order valence-electron chi connectivity index (χ0n) is 39.4. The van der Waals surface area contributed by atoms with Crippen molar-refractivity contribution in [1.29, 1.82) is 0 Å². The van der Waals surface area contributed by atoms with Crippen molar-refractivity contribution in [3.05, 3.63) is 77.2 Å². The Morgan fingerprint density at radius 3 is 2.41 bits per heavy atom. The molecule has 360 valence electrons. The summed E-state index contributed by atoms with van der Waals surface area (Å²) in [5.74, 6) is 0.0111. The normalized spacial score (nSPS) is 24.1. The third kappa shape index (κ3) is 8.51. The monoisotopic (exact) mass is 936 g/mol. The van der Waals surface area contributed by atoms with Gasteiger partial charge in [0.15, 0.2) is 5.82 Å². The topological polar surface area (TPSA) is 160 Å². The van der Waals surface area contributed by atoms with Gasteiger partial charge in [0.25, 0.3) is 5.91 Å². The average Bonchev–Trinajstić information content (AvgIpc) is 3.93. The van der Waals surface area contributed by atoms with Crippen LogP contribution in [0.25, 0.3) is 32.9 Å². The number of amides is 3. The van der Waals surface area contributed by atoms with E-state index in [9.17, 15) is 19.5 Å². The summed E-state index contributed by atoms with van der Waals surface area (Å²) in [5, 5.41) is 19.1. The van der Waals surface area contributed by atoms with Gasteiger partial charge < -0.3 is 39.7 Å². The molecule has 12 rings (SSSR count). The summed E-state index contributed by atoms with van der Waals surface area (Å²) in [4.78, 5) is 63.5. The van der Waals surface area contributed by atoms with Crippen molar-refractivity contribution >= 4 is 50.9 Å². The molecule has 2 unspecified atom stereocenters. The molecule has 3 aromatic carbocycles. The molecule has 3 amide bonds. The van der Waals surface area contributed by atoms with E-state index in [0.29, 0.717) is 59.9 Å². The lowest BCUT2D eigenvalue weighted by atomic mass is 9.95. The number of carbonyl (C=O) groups excluding carboxylic acids is 3. The highest BCUT2D eigenvalue weighted by atomic mass is 19.1. The molecule has 3 atom stereocenters. The van der Waals surface area contributed by atoms with E-state index < -0.39 is 11.9 Å². The Hall–Kier alpha value is -5.97. The number of pyridine rings is 1. The predicted octanol–water partition coefficient (Wildman–Crippen LogP) is 5.65. The summed E-state index contributed by atoms with van der Waals surface area (Å²) in [5.41, 5.74) is 4.67. The summed E-state index contributed by atoms with van der Waals surface area (Å²) in [7, 11) is 0. The number of anilines is 2. The van der Waals surface area contributed by atoms with Crippen molar-refractivity contribution in [2.45, 2.75) is 89.4 Å². The first-order valence-corrected chi connectivity index (χ1v) is 25.3. The van der Waals surface area contributed by atoms with E-state index in [1.807, 2.05) is 30.3 Å². The van der Waals surface area contributed by atoms with Gasteiger partial charge in [0.05, 0.1) is 12.0 Å². The van der Waals surface area contributed by atoms with E-state index in [0.717, 1.165) is 138 Å². The van der Waals surface area contributed by atoms with Crippen molar-refractivity contribution in [1.82, 2.24) is 40.3 Å². The minimum atomic E-state index is -0.604. The number of imide groups is 1. The van der Waals surface area contributed by atoms with Crippen LogP contribution in [0.4, 0.5) is 15.9 Å². The van der Waals surface area contributed by atoms with E-state index >= 15 is 4.39 Å². The van der Waals surface area contributed by atoms with E-state index in [-0.39, 0.29) is 52.5 Å². The Labute approximate surface area is 401 Å². The highest BCUT2D eigenvalue weighted by Gasteiger charge is 2.46. The van der Waals surface area contributed by atoms with Gasteiger partial charge in [-0.3, -0.25) is 24.7 Å². The van der Waals surface area contributed by atoms with Gasteiger partial charge in [-0.2, -0.15) is 9.97 Å². The van der Waals surface area contributed by atoms with Gasteiger partial charge in [-0.25, -0.2) is 4.39 Å². The van der Waals surface area contributed by atoms with Gasteiger partial charge in [0.1, 0.15) is 28.8 Å². The lowest BCUT2D eigenvalue weighted by Gasteiger charge is -2.40. The fourth-order valence-corrected chi connectivity index (χ4v) is 12.3. The van der Waals surface area contributed by atoms with Crippen molar-refractivity contribution in [3.63, 3.8) is 0 Å². The highest BCUT2D eigenvalue weighted by molar-refractivity contribution is 6.06.